The molecule has 3 heteroatoms. The van der Waals surface area contributed by atoms with E-state index in [1.54, 1.807) is 0 Å². The number of fused-ring (bicyclic) bond motifs is 1. The monoisotopic (exact) mass is 226 g/mol. The zero-order valence-corrected chi connectivity index (χ0v) is 9.47. The average Bonchev–Trinajstić information content (AvgIpc) is 2.38. The number of ether oxygens (including phenoxy) is 1. The van der Waals surface area contributed by atoms with Gasteiger partial charge in [0.25, 0.3) is 0 Å². The molecule has 0 aromatic heterocycles. The molecular formula is C14H14N2O. The van der Waals surface area contributed by atoms with E-state index in [4.69, 9.17) is 15.7 Å². The van der Waals surface area contributed by atoms with Gasteiger partial charge in [-0.2, -0.15) is 5.26 Å². The van der Waals surface area contributed by atoms with Gasteiger partial charge in [0.15, 0.2) is 0 Å². The van der Waals surface area contributed by atoms with Gasteiger partial charge in [-0.05, 0) is 22.9 Å². The maximum atomic E-state index is 8.54. The van der Waals surface area contributed by atoms with Crippen LogP contribution in [0.25, 0.3) is 10.8 Å². The Hall–Kier alpha value is -2.05. The van der Waals surface area contributed by atoms with Crippen LogP contribution in [0, 0.1) is 11.3 Å². The SMILES string of the molecule is N#CC(N)CCOc1ccc2ccccc2c1. The van der Waals surface area contributed by atoms with E-state index >= 15 is 0 Å². The number of hydrogen-bond acceptors (Lipinski definition) is 3. The summed E-state index contributed by atoms with van der Waals surface area (Å²) in [6, 6.07) is 15.6. The molecule has 0 saturated carbocycles. The fourth-order valence-electron chi connectivity index (χ4n) is 1.63. The average molecular weight is 226 g/mol. The third-order valence-corrected chi connectivity index (χ3v) is 2.58. The summed E-state index contributed by atoms with van der Waals surface area (Å²) >= 11 is 0. The van der Waals surface area contributed by atoms with Crippen LogP contribution in [0.15, 0.2) is 42.5 Å². The number of nitriles is 1. The molecule has 0 amide bonds. The highest BCUT2D eigenvalue weighted by Crippen LogP contribution is 2.20. The highest BCUT2D eigenvalue weighted by Gasteiger charge is 2.01. The van der Waals surface area contributed by atoms with Crippen LogP contribution >= 0.6 is 0 Å². The lowest BCUT2D eigenvalue weighted by atomic mass is 10.1. The van der Waals surface area contributed by atoms with Crippen LogP contribution < -0.4 is 10.5 Å². The smallest absolute Gasteiger partial charge is 0.119 e. The molecule has 0 aliphatic carbocycles. The minimum atomic E-state index is -0.449. The Morgan fingerprint density at radius 2 is 1.94 bits per heavy atom. The molecule has 2 aromatic carbocycles. The van der Waals surface area contributed by atoms with Crippen LogP contribution in [0.1, 0.15) is 6.42 Å². The maximum Gasteiger partial charge on any atom is 0.119 e. The largest absolute Gasteiger partial charge is 0.493 e. The summed E-state index contributed by atoms with van der Waals surface area (Å²) in [5.41, 5.74) is 5.49. The second-order valence-electron chi connectivity index (χ2n) is 3.88. The van der Waals surface area contributed by atoms with Crippen molar-refractivity contribution in [2.45, 2.75) is 12.5 Å². The molecule has 0 saturated heterocycles. The molecule has 1 atom stereocenters. The summed E-state index contributed by atoms with van der Waals surface area (Å²) in [5, 5.41) is 10.9. The Balaban J connectivity index is 2.02. The van der Waals surface area contributed by atoms with Gasteiger partial charge in [-0.1, -0.05) is 30.3 Å². The Morgan fingerprint density at radius 3 is 2.71 bits per heavy atom. The van der Waals surface area contributed by atoms with Gasteiger partial charge in [0.05, 0.1) is 18.7 Å². The van der Waals surface area contributed by atoms with E-state index in [9.17, 15) is 0 Å². The summed E-state index contributed by atoms with van der Waals surface area (Å²) in [6.45, 7) is 0.465. The lowest BCUT2D eigenvalue weighted by molar-refractivity contribution is 0.306. The van der Waals surface area contributed by atoms with Gasteiger partial charge in [0.2, 0.25) is 0 Å². The summed E-state index contributed by atoms with van der Waals surface area (Å²) in [6.07, 6.45) is 0.545. The van der Waals surface area contributed by atoms with Crippen LogP contribution in [0.5, 0.6) is 5.75 Å². The van der Waals surface area contributed by atoms with Crippen LogP contribution in [0.4, 0.5) is 0 Å². The van der Waals surface area contributed by atoms with Crippen molar-refractivity contribution in [1.29, 1.82) is 5.26 Å². The zero-order chi connectivity index (χ0) is 12.1. The van der Waals surface area contributed by atoms with E-state index in [1.165, 1.54) is 5.39 Å². The van der Waals surface area contributed by atoms with Crippen LogP contribution in [-0.2, 0) is 0 Å². The first kappa shape index (κ1) is 11.4. The van der Waals surface area contributed by atoms with Gasteiger partial charge in [-0.3, -0.25) is 0 Å². The minimum absolute atomic E-state index is 0.449. The number of rotatable bonds is 4. The maximum absolute atomic E-state index is 8.54. The molecule has 2 rings (SSSR count). The summed E-state index contributed by atoms with van der Waals surface area (Å²) in [5.74, 6) is 0.814. The lowest BCUT2D eigenvalue weighted by Crippen LogP contribution is -2.20. The molecule has 2 N–H and O–H groups in total. The van der Waals surface area contributed by atoms with Crippen LogP contribution in [0.2, 0.25) is 0 Å². The van der Waals surface area contributed by atoms with Gasteiger partial charge < -0.3 is 10.5 Å². The van der Waals surface area contributed by atoms with E-state index in [0.717, 1.165) is 11.1 Å². The Labute approximate surface area is 100 Å². The molecule has 0 bridgehead atoms. The van der Waals surface area contributed by atoms with Gasteiger partial charge in [0.1, 0.15) is 5.75 Å². The highest BCUT2D eigenvalue weighted by molar-refractivity contribution is 5.83. The molecule has 0 heterocycles. The van der Waals surface area contributed by atoms with Crippen molar-refractivity contribution >= 4 is 10.8 Å². The third kappa shape index (κ3) is 2.96. The molecule has 2 aromatic rings. The van der Waals surface area contributed by atoms with Crippen LogP contribution in [0.3, 0.4) is 0 Å². The zero-order valence-electron chi connectivity index (χ0n) is 9.47. The quantitative estimate of drug-likeness (QED) is 0.871. The van der Waals surface area contributed by atoms with E-state index in [-0.39, 0.29) is 0 Å². The standard InChI is InChI=1S/C14H14N2O/c15-10-13(16)7-8-17-14-6-5-11-3-1-2-4-12(11)9-14/h1-6,9,13H,7-8,16H2. The van der Waals surface area contributed by atoms with E-state index in [0.29, 0.717) is 13.0 Å². The highest BCUT2D eigenvalue weighted by atomic mass is 16.5. The minimum Gasteiger partial charge on any atom is -0.493 e. The van der Waals surface area contributed by atoms with Crippen molar-refractivity contribution in [3.8, 4) is 11.8 Å². The molecule has 17 heavy (non-hydrogen) atoms. The van der Waals surface area contributed by atoms with Crippen molar-refractivity contribution in [3.05, 3.63) is 42.5 Å². The molecule has 0 radical (unpaired) electrons. The van der Waals surface area contributed by atoms with Crippen molar-refractivity contribution in [3.63, 3.8) is 0 Å². The van der Waals surface area contributed by atoms with Gasteiger partial charge in [-0.15, -0.1) is 0 Å². The lowest BCUT2D eigenvalue weighted by Gasteiger charge is -2.07. The predicted octanol–water partition coefficient (Wildman–Crippen LogP) is 2.46. The first-order valence-electron chi connectivity index (χ1n) is 5.56. The van der Waals surface area contributed by atoms with Crippen molar-refractivity contribution < 1.29 is 4.74 Å². The summed E-state index contributed by atoms with van der Waals surface area (Å²) in [7, 11) is 0. The number of benzene rings is 2. The number of hydrogen-bond donors (Lipinski definition) is 1. The molecule has 0 fully saturated rings. The molecular weight excluding hydrogens is 212 g/mol. The van der Waals surface area contributed by atoms with E-state index in [1.807, 2.05) is 42.5 Å². The number of nitrogens with two attached hydrogens (primary N) is 1. The normalized spacial score (nSPS) is 12.0. The second kappa shape index (κ2) is 5.33. The summed E-state index contributed by atoms with van der Waals surface area (Å²) < 4.78 is 5.56. The van der Waals surface area contributed by atoms with Crippen molar-refractivity contribution in [2.75, 3.05) is 6.61 Å². The molecule has 0 aliphatic heterocycles. The van der Waals surface area contributed by atoms with Crippen molar-refractivity contribution in [1.82, 2.24) is 0 Å². The topological polar surface area (TPSA) is 59.0 Å². The molecule has 3 nitrogen and oxygen atoms in total. The summed E-state index contributed by atoms with van der Waals surface area (Å²) in [4.78, 5) is 0. The second-order valence-corrected chi connectivity index (χ2v) is 3.88. The first-order chi connectivity index (χ1) is 8.29. The molecule has 86 valence electrons. The van der Waals surface area contributed by atoms with Crippen molar-refractivity contribution in [2.24, 2.45) is 5.73 Å². The Bertz CT molecular complexity index is 545. The van der Waals surface area contributed by atoms with E-state index < -0.39 is 6.04 Å². The fourth-order valence-corrected chi connectivity index (χ4v) is 1.63. The van der Waals surface area contributed by atoms with Crippen LogP contribution in [-0.4, -0.2) is 12.6 Å². The number of nitrogens with zero attached hydrogens (tertiary/aromatic N) is 1. The van der Waals surface area contributed by atoms with Gasteiger partial charge >= 0.3 is 0 Å². The molecule has 0 aliphatic rings. The molecule has 1 unspecified atom stereocenters. The van der Waals surface area contributed by atoms with Gasteiger partial charge in [-0.25, -0.2) is 0 Å². The van der Waals surface area contributed by atoms with Gasteiger partial charge in [0, 0.05) is 6.42 Å². The first-order valence-corrected chi connectivity index (χ1v) is 5.56. The molecule has 0 spiro atoms. The third-order valence-electron chi connectivity index (χ3n) is 2.58. The predicted molar refractivity (Wildman–Crippen MR) is 67.6 cm³/mol. The van der Waals surface area contributed by atoms with E-state index in [2.05, 4.69) is 6.07 Å². The fraction of sp³-hybridized carbons (Fsp3) is 0.214. The Kier molecular flexibility index (Phi) is 3.59. The Morgan fingerprint density at radius 1 is 1.18 bits per heavy atom.